The van der Waals surface area contributed by atoms with Crippen LogP contribution in [0.3, 0.4) is 0 Å². The Morgan fingerprint density at radius 3 is 2.15 bits per heavy atom. The summed E-state index contributed by atoms with van der Waals surface area (Å²) in [5.74, 6) is -0.421. The number of hydrogen-bond acceptors (Lipinski definition) is 4. The van der Waals surface area contributed by atoms with Crippen LogP contribution in [0.1, 0.15) is 41.0 Å². The molecule has 1 heterocycles. The summed E-state index contributed by atoms with van der Waals surface area (Å²) in [7, 11) is -3.24. The third-order valence-electron chi connectivity index (χ3n) is 3.86. The van der Waals surface area contributed by atoms with Crippen molar-refractivity contribution in [2.75, 3.05) is 0 Å². The summed E-state index contributed by atoms with van der Waals surface area (Å²) in [5, 5.41) is -0.491. The smallest absolute Gasteiger partial charge is 0.294 e. The van der Waals surface area contributed by atoms with Crippen LogP contribution in [0, 0.1) is 0 Å². The van der Waals surface area contributed by atoms with E-state index in [0.717, 1.165) is 6.07 Å². The van der Waals surface area contributed by atoms with E-state index in [9.17, 15) is 26.4 Å². The summed E-state index contributed by atoms with van der Waals surface area (Å²) in [4.78, 5) is 15.9. The minimum atomic E-state index is -4.47. The lowest BCUT2D eigenvalue weighted by Crippen LogP contribution is -2.16. The molecule has 26 heavy (non-hydrogen) atoms. The third kappa shape index (κ3) is 5.14. The minimum Gasteiger partial charge on any atom is -0.294 e. The quantitative estimate of drug-likeness (QED) is 0.709. The fourth-order valence-corrected chi connectivity index (χ4v) is 3.14. The van der Waals surface area contributed by atoms with Crippen LogP contribution < -0.4 is 0 Å². The highest BCUT2D eigenvalue weighted by atomic mass is 32.2. The van der Waals surface area contributed by atoms with Crippen LogP contribution >= 0.6 is 0 Å². The van der Waals surface area contributed by atoms with Gasteiger partial charge in [-0.05, 0) is 31.5 Å². The molecule has 0 amide bonds. The van der Waals surface area contributed by atoms with Crippen LogP contribution in [0.2, 0.25) is 0 Å². The Hall–Kier alpha value is -2.22. The minimum absolute atomic E-state index is 0.112. The molecule has 0 fully saturated rings. The molecule has 1 aromatic carbocycles. The first-order chi connectivity index (χ1) is 12.0. The van der Waals surface area contributed by atoms with Gasteiger partial charge in [-0.3, -0.25) is 9.78 Å². The van der Waals surface area contributed by atoms with Gasteiger partial charge in [-0.2, -0.15) is 13.2 Å². The summed E-state index contributed by atoms with van der Waals surface area (Å²) < 4.78 is 61.3. The van der Waals surface area contributed by atoms with Crippen molar-refractivity contribution in [3.63, 3.8) is 0 Å². The van der Waals surface area contributed by atoms with Crippen molar-refractivity contribution in [1.29, 1.82) is 0 Å². The summed E-state index contributed by atoms with van der Waals surface area (Å²) in [6, 6.07) is 8.20. The molecule has 8 heteroatoms. The second kappa shape index (κ2) is 7.57. The molecule has 1 aromatic heterocycles. The normalized spacial score (nSPS) is 12.4. The van der Waals surface area contributed by atoms with E-state index < -0.39 is 26.8 Å². The number of aromatic nitrogens is 1. The van der Waals surface area contributed by atoms with Crippen LogP contribution in [0.25, 0.3) is 0 Å². The molecule has 0 unspecified atom stereocenters. The highest BCUT2D eigenvalue weighted by Gasteiger charge is 2.30. The maximum Gasteiger partial charge on any atom is 0.417 e. The van der Waals surface area contributed by atoms with Crippen molar-refractivity contribution >= 4 is 15.6 Å². The zero-order valence-electron chi connectivity index (χ0n) is 14.2. The number of rotatable bonds is 6. The third-order valence-corrected chi connectivity index (χ3v) is 6.03. The van der Waals surface area contributed by atoms with E-state index in [1.54, 1.807) is 26.0 Å². The van der Waals surface area contributed by atoms with Gasteiger partial charge < -0.3 is 0 Å². The highest BCUT2D eigenvalue weighted by molar-refractivity contribution is 7.91. The Balaban J connectivity index is 2.06. The standard InChI is InChI=1S/C18H18F3NO3S/c1-12(2)26(24,25)11-13-3-5-14(6-4-13)17(23)9-16-8-7-15(10-22-16)18(19,20)21/h3-8,10,12H,9,11H2,1-2H3. The topological polar surface area (TPSA) is 64.1 Å². The van der Waals surface area contributed by atoms with Crippen molar-refractivity contribution in [1.82, 2.24) is 4.98 Å². The van der Waals surface area contributed by atoms with Crippen LogP contribution in [0.4, 0.5) is 13.2 Å². The average Bonchev–Trinajstić information content (AvgIpc) is 2.54. The van der Waals surface area contributed by atoms with Gasteiger partial charge in [0.15, 0.2) is 15.6 Å². The Bertz CT molecular complexity index is 871. The van der Waals surface area contributed by atoms with E-state index in [0.29, 0.717) is 17.3 Å². The molecule has 0 aliphatic heterocycles. The number of halogens is 3. The number of sulfone groups is 1. The summed E-state index contributed by atoms with van der Waals surface area (Å²) in [6.45, 7) is 3.20. The molecule has 0 bridgehead atoms. The lowest BCUT2D eigenvalue weighted by molar-refractivity contribution is -0.137. The molecule has 0 atom stereocenters. The number of ketones is 1. The van der Waals surface area contributed by atoms with Gasteiger partial charge in [0.05, 0.1) is 23.0 Å². The van der Waals surface area contributed by atoms with Gasteiger partial charge >= 0.3 is 6.18 Å². The van der Waals surface area contributed by atoms with E-state index in [1.807, 2.05) is 0 Å². The molecule has 0 saturated heterocycles. The molecule has 0 radical (unpaired) electrons. The lowest BCUT2D eigenvalue weighted by atomic mass is 10.0. The van der Waals surface area contributed by atoms with Crippen LogP contribution in [-0.4, -0.2) is 24.4 Å². The highest BCUT2D eigenvalue weighted by Crippen LogP contribution is 2.28. The number of Topliss-reactive ketones (excluding diaryl/α,β-unsaturated/α-hetero) is 1. The number of alkyl halides is 3. The van der Waals surface area contributed by atoms with Crippen LogP contribution in [0.15, 0.2) is 42.6 Å². The van der Waals surface area contributed by atoms with E-state index in [1.165, 1.54) is 18.2 Å². The second-order valence-corrected chi connectivity index (χ2v) is 8.75. The first-order valence-electron chi connectivity index (χ1n) is 7.85. The largest absolute Gasteiger partial charge is 0.417 e. The van der Waals surface area contributed by atoms with Crippen LogP contribution in [-0.2, 0) is 28.2 Å². The maximum atomic E-state index is 12.5. The van der Waals surface area contributed by atoms with Crippen LogP contribution in [0.5, 0.6) is 0 Å². The van der Waals surface area contributed by atoms with Gasteiger partial charge in [-0.1, -0.05) is 24.3 Å². The molecule has 2 aromatic rings. The fourth-order valence-electron chi connectivity index (χ4n) is 2.15. The van der Waals surface area contributed by atoms with Crippen molar-refractivity contribution in [3.05, 3.63) is 65.0 Å². The number of carbonyl (C=O) groups excluding carboxylic acids is 1. The molecule has 0 N–H and O–H groups in total. The van der Waals surface area contributed by atoms with Crippen molar-refractivity contribution in [3.8, 4) is 0 Å². The zero-order chi connectivity index (χ0) is 19.5. The first kappa shape index (κ1) is 20.1. The van der Waals surface area contributed by atoms with Gasteiger partial charge in [0.2, 0.25) is 0 Å². The molecular formula is C18H18F3NO3S. The molecule has 4 nitrogen and oxygen atoms in total. The van der Waals surface area contributed by atoms with Gasteiger partial charge in [0.25, 0.3) is 0 Å². The Kier molecular flexibility index (Phi) is 5.85. The second-order valence-electron chi connectivity index (χ2n) is 6.19. The molecule has 2 rings (SSSR count). The van der Waals surface area contributed by atoms with Gasteiger partial charge in [-0.25, -0.2) is 8.42 Å². The van der Waals surface area contributed by atoms with Crippen molar-refractivity contribution < 1.29 is 26.4 Å². The van der Waals surface area contributed by atoms with Gasteiger partial charge in [-0.15, -0.1) is 0 Å². The van der Waals surface area contributed by atoms with E-state index in [4.69, 9.17) is 0 Å². The summed E-state index contributed by atoms with van der Waals surface area (Å²) in [5.41, 5.74) is 0.277. The monoisotopic (exact) mass is 385 g/mol. The number of benzene rings is 1. The average molecular weight is 385 g/mol. The summed E-state index contributed by atoms with van der Waals surface area (Å²) in [6.07, 6.45) is -3.91. The van der Waals surface area contributed by atoms with Crippen molar-refractivity contribution in [2.24, 2.45) is 0 Å². The van der Waals surface area contributed by atoms with E-state index in [-0.39, 0.29) is 23.7 Å². The first-order valence-corrected chi connectivity index (χ1v) is 9.56. The molecule has 0 aliphatic rings. The number of pyridine rings is 1. The van der Waals surface area contributed by atoms with E-state index >= 15 is 0 Å². The molecule has 0 aliphatic carbocycles. The molecule has 0 spiro atoms. The maximum absolute atomic E-state index is 12.5. The number of hydrogen-bond donors (Lipinski definition) is 0. The van der Waals surface area contributed by atoms with Gasteiger partial charge in [0, 0.05) is 17.5 Å². The van der Waals surface area contributed by atoms with Crippen molar-refractivity contribution in [2.45, 2.75) is 37.4 Å². The Morgan fingerprint density at radius 1 is 1.08 bits per heavy atom. The number of carbonyl (C=O) groups is 1. The lowest BCUT2D eigenvalue weighted by Gasteiger charge is -2.08. The number of nitrogens with zero attached hydrogens (tertiary/aromatic N) is 1. The van der Waals surface area contributed by atoms with Gasteiger partial charge in [0.1, 0.15) is 0 Å². The fraction of sp³-hybridized carbons (Fsp3) is 0.333. The Morgan fingerprint density at radius 2 is 1.69 bits per heavy atom. The zero-order valence-corrected chi connectivity index (χ0v) is 15.1. The molecular weight excluding hydrogens is 367 g/mol. The Labute approximate surface area is 150 Å². The molecule has 140 valence electrons. The predicted octanol–water partition coefficient (Wildman–Crippen LogP) is 3.85. The molecule has 0 saturated carbocycles. The SMILES string of the molecule is CC(C)S(=O)(=O)Cc1ccc(C(=O)Cc2ccc(C(F)(F)F)cn2)cc1. The summed E-state index contributed by atoms with van der Waals surface area (Å²) >= 11 is 0. The van der Waals surface area contributed by atoms with E-state index in [2.05, 4.69) is 4.98 Å². The predicted molar refractivity (Wildman–Crippen MR) is 91.5 cm³/mol.